The number of hydrogen-bond acceptors (Lipinski definition) is 6. The van der Waals surface area contributed by atoms with E-state index in [1.807, 2.05) is 0 Å². The Morgan fingerprint density at radius 3 is 2.38 bits per heavy atom. The van der Waals surface area contributed by atoms with Gasteiger partial charge in [0.1, 0.15) is 0 Å². The highest BCUT2D eigenvalue weighted by Crippen LogP contribution is 2.58. The average Bonchev–Trinajstić information content (AvgIpc) is 2.25. The Morgan fingerprint density at radius 2 is 2.15 bits per heavy atom. The Balaban J connectivity index is 3.02. The molecule has 1 aliphatic heterocycles. The molecule has 0 unspecified atom stereocenters. The van der Waals surface area contributed by atoms with Crippen molar-refractivity contribution in [2.75, 3.05) is 7.11 Å². The van der Waals surface area contributed by atoms with Crippen LogP contribution in [-0.2, 0) is 27.7 Å². The molecular formula is C6H9O6P. The minimum Gasteiger partial charge on any atom is -0.368 e. The number of carbonyl (C=O) groups is 2. The predicted octanol–water partition coefficient (Wildman–Crippen LogP) is 0.662. The molecular weight excluding hydrogens is 199 g/mol. The van der Waals surface area contributed by atoms with Crippen LogP contribution in [0.2, 0.25) is 0 Å². The van der Waals surface area contributed by atoms with E-state index < -0.39 is 25.2 Å². The van der Waals surface area contributed by atoms with E-state index in [2.05, 4.69) is 13.6 Å². The highest BCUT2D eigenvalue weighted by Gasteiger charge is 2.57. The quantitative estimate of drug-likeness (QED) is 0.490. The van der Waals surface area contributed by atoms with E-state index in [0.717, 1.165) is 14.0 Å². The summed E-state index contributed by atoms with van der Waals surface area (Å²) >= 11 is 0. The zero-order valence-corrected chi connectivity index (χ0v) is 8.29. The fraction of sp³-hybridized carbons (Fsp3) is 0.667. The third kappa shape index (κ3) is 1.52. The Bertz CT molecular complexity index is 310. The van der Waals surface area contributed by atoms with Gasteiger partial charge in [0.15, 0.2) is 5.78 Å². The molecule has 74 valence electrons. The van der Waals surface area contributed by atoms with E-state index >= 15 is 0 Å². The topological polar surface area (TPSA) is 78.9 Å². The maximum absolute atomic E-state index is 11.3. The van der Waals surface area contributed by atoms with Gasteiger partial charge in [0, 0.05) is 7.11 Å². The minimum absolute atomic E-state index is 0.577. The van der Waals surface area contributed by atoms with Gasteiger partial charge in [-0.2, -0.15) is 0 Å². The second kappa shape index (κ2) is 2.90. The van der Waals surface area contributed by atoms with Gasteiger partial charge in [0.25, 0.3) is 0 Å². The number of phosphoric ester groups is 1. The third-order valence-corrected chi connectivity index (χ3v) is 3.20. The van der Waals surface area contributed by atoms with Crippen molar-refractivity contribution in [2.24, 2.45) is 0 Å². The van der Waals surface area contributed by atoms with Gasteiger partial charge in [0.2, 0.25) is 5.60 Å². The third-order valence-electron chi connectivity index (χ3n) is 1.77. The smallest absolute Gasteiger partial charge is 0.368 e. The number of ketones is 1. The molecule has 1 heterocycles. The van der Waals surface area contributed by atoms with Crippen LogP contribution in [0.3, 0.4) is 0 Å². The van der Waals surface area contributed by atoms with Crippen LogP contribution in [-0.4, -0.2) is 24.5 Å². The molecule has 1 saturated heterocycles. The highest BCUT2D eigenvalue weighted by molar-refractivity contribution is 7.49. The van der Waals surface area contributed by atoms with E-state index in [0.29, 0.717) is 0 Å². The number of hydrogen-bond donors (Lipinski definition) is 0. The molecule has 7 heteroatoms. The summed E-state index contributed by atoms with van der Waals surface area (Å²) in [6, 6.07) is 0. The summed E-state index contributed by atoms with van der Waals surface area (Å²) in [7, 11) is -2.78. The first-order valence-corrected chi connectivity index (χ1v) is 4.92. The second-order valence-electron chi connectivity index (χ2n) is 2.69. The van der Waals surface area contributed by atoms with Crippen molar-refractivity contribution in [1.29, 1.82) is 0 Å². The first-order chi connectivity index (χ1) is 5.84. The first kappa shape index (κ1) is 10.4. The fourth-order valence-corrected chi connectivity index (χ4v) is 1.96. The lowest BCUT2D eigenvalue weighted by Gasteiger charge is -2.12. The molecule has 0 bridgehead atoms. The Labute approximate surface area is 74.8 Å². The fourth-order valence-electron chi connectivity index (χ4n) is 0.751. The van der Waals surface area contributed by atoms with E-state index in [1.165, 1.54) is 6.92 Å². The molecule has 0 aromatic heterocycles. The van der Waals surface area contributed by atoms with Gasteiger partial charge >= 0.3 is 13.8 Å². The van der Waals surface area contributed by atoms with Gasteiger partial charge < -0.3 is 4.52 Å². The molecule has 0 aromatic rings. The van der Waals surface area contributed by atoms with Crippen molar-refractivity contribution in [3.05, 3.63) is 0 Å². The monoisotopic (exact) mass is 208 g/mol. The molecule has 1 aliphatic rings. The summed E-state index contributed by atoms with van der Waals surface area (Å²) < 4.78 is 24.6. The molecule has 0 aromatic carbocycles. The molecule has 2 atom stereocenters. The minimum atomic E-state index is -3.85. The molecule has 1 fully saturated rings. The van der Waals surface area contributed by atoms with Crippen molar-refractivity contribution < 1.29 is 27.7 Å². The van der Waals surface area contributed by atoms with E-state index in [4.69, 9.17) is 0 Å². The molecule has 0 radical (unpaired) electrons. The molecule has 13 heavy (non-hydrogen) atoms. The summed E-state index contributed by atoms with van der Waals surface area (Å²) in [6.07, 6.45) is 0. The van der Waals surface area contributed by atoms with Crippen molar-refractivity contribution in [3.63, 3.8) is 0 Å². The highest BCUT2D eigenvalue weighted by atomic mass is 31.2. The largest absolute Gasteiger partial charge is 0.533 e. The van der Waals surface area contributed by atoms with Crippen molar-refractivity contribution in [1.82, 2.24) is 0 Å². The summed E-state index contributed by atoms with van der Waals surface area (Å²) in [4.78, 5) is 22.1. The van der Waals surface area contributed by atoms with Gasteiger partial charge in [-0.3, -0.25) is 13.8 Å². The van der Waals surface area contributed by atoms with Crippen molar-refractivity contribution >= 4 is 19.6 Å². The first-order valence-electron chi connectivity index (χ1n) is 3.46. The lowest BCUT2D eigenvalue weighted by atomic mass is 10.0. The maximum Gasteiger partial charge on any atom is 0.533 e. The van der Waals surface area contributed by atoms with Crippen LogP contribution in [0.5, 0.6) is 0 Å². The lowest BCUT2D eigenvalue weighted by Crippen LogP contribution is -2.39. The Kier molecular flexibility index (Phi) is 2.32. The predicted molar refractivity (Wildman–Crippen MR) is 40.9 cm³/mol. The van der Waals surface area contributed by atoms with Gasteiger partial charge in [-0.1, -0.05) is 0 Å². The van der Waals surface area contributed by atoms with Crippen LogP contribution in [0.25, 0.3) is 0 Å². The Morgan fingerprint density at radius 1 is 1.62 bits per heavy atom. The van der Waals surface area contributed by atoms with E-state index in [-0.39, 0.29) is 0 Å². The summed E-state index contributed by atoms with van der Waals surface area (Å²) in [5, 5.41) is 0. The van der Waals surface area contributed by atoms with Gasteiger partial charge in [-0.15, -0.1) is 0 Å². The zero-order chi connectivity index (χ0) is 10.3. The summed E-state index contributed by atoms with van der Waals surface area (Å²) in [5.74, 6) is -1.56. The second-order valence-corrected chi connectivity index (χ2v) is 4.31. The summed E-state index contributed by atoms with van der Waals surface area (Å²) in [6.45, 7) is 2.34. The van der Waals surface area contributed by atoms with E-state index in [9.17, 15) is 14.2 Å². The summed E-state index contributed by atoms with van der Waals surface area (Å²) in [5.41, 5.74) is -1.80. The van der Waals surface area contributed by atoms with Crippen LogP contribution in [0.1, 0.15) is 13.8 Å². The van der Waals surface area contributed by atoms with E-state index in [1.54, 1.807) is 0 Å². The standard InChI is InChI=1S/C6H9O6P/c1-4(7)6(2)5(8)11-13(9,10-3)12-6/h1-3H3/t6-,13-/m1/s1. The molecule has 6 nitrogen and oxygen atoms in total. The van der Waals surface area contributed by atoms with Crippen molar-refractivity contribution in [3.8, 4) is 0 Å². The number of Topliss-reactive ketones (excluding diaryl/α,β-unsaturated/α-hetero) is 1. The average molecular weight is 208 g/mol. The molecule has 0 spiro atoms. The number of carbonyl (C=O) groups excluding carboxylic acids is 2. The van der Waals surface area contributed by atoms with Crippen LogP contribution in [0.15, 0.2) is 0 Å². The maximum atomic E-state index is 11.3. The van der Waals surface area contributed by atoms with Crippen LogP contribution in [0.4, 0.5) is 0 Å². The number of phosphoric acid groups is 1. The number of rotatable bonds is 2. The normalized spacial score (nSPS) is 38.8. The lowest BCUT2D eigenvalue weighted by molar-refractivity contribution is -0.149. The van der Waals surface area contributed by atoms with Crippen LogP contribution in [0, 0.1) is 0 Å². The SMILES string of the molecule is CO[P@]1(=O)OC(=O)[C@@](C)(C(C)=O)O1. The molecule has 1 rings (SSSR count). The van der Waals surface area contributed by atoms with Crippen LogP contribution >= 0.6 is 7.82 Å². The molecule has 0 saturated carbocycles. The molecule has 0 amide bonds. The molecule has 0 N–H and O–H groups in total. The van der Waals surface area contributed by atoms with Crippen molar-refractivity contribution in [2.45, 2.75) is 19.4 Å². The van der Waals surface area contributed by atoms with Gasteiger partial charge in [0.05, 0.1) is 0 Å². The van der Waals surface area contributed by atoms with Gasteiger partial charge in [-0.25, -0.2) is 9.36 Å². The Hall–Kier alpha value is -0.710. The van der Waals surface area contributed by atoms with Crippen LogP contribution < -0.4 is 0 Å². The molecule has 0 aliphatic carbocycles. The zero-order valence-electron chi connectivity index (χ0n) is 7.40. The van der Waals surface area contributed by atoms with Gasteiger partial charge in [-0.05, 0) is 13.8 Å².